The van der Waals surface area contributed by atoms with Crippen LogP contribution in [0.1, 0.15) is 12.0 Å². The van der Waals surface area contributed by atoms with E-state index < -0.39 is 6.43 Å². The highest BCUT2D eigenvalue weighted by Crippen LogP contribution is 2.28. The Morgan fingerprint density at radius 3 is 2.62 bits per heavy atom. The molecule has 0 amide bonds. The second-order valence-corrected chi connectivity index (χ2v) is 2.39. The standard InChI is InChI=1S/C9H10F2O2/c1-12-6-13-8-5-3-2-4-7(8)9(10)11/h2-5,9H,6H2,1H3. The lowest BCUT2D eigenvalue weighted by Gasteiger charge is -2.09. The molecule has 0 aliphatic carbocycles. The van der Waals surface area contributed by atoms with Gasteiger partial charge in [0.15, 0.2) is 6.79 Å². The number of benzene rings is 1. The summed E-state index contributed by atoms with van der Waals surface area (Å²) in [6.07, 6.45) is -2.52. The average molecular weight is 188 g/mol. The van der Waals surface area contributed by atoms with Crippen molar-refractivity contribution in [3.05, 3.63) is 29.8 Å². The lowest BCUT2D eigenvalue weighted by atomic mass is 10.2. The fraction of sp³-hybridized carbons (Fsp3) is 0.333. The largest absolute Gasteiger partial charge is 0.467 e. The summed E-state index contributed by atoms with van der Waals surface area (Å²) in [4.78, 5) is 0. The van der Waals surface area contributed by atoms with E-state index in [1.165, 1.54) is 19.2 Å². The van der Waals surface area contributed by atoms with Crippen LogP contribution in [0.3, 0.4) is 0 Å². The van der Waals surface area contributed by atoms with Crippen molar-refractivity contribution in [3.8, 4) is 5.75 Å². The van der Waals surface area contributed by atoms with Crippen LogP contribution >= 0.6 is 0 Å². The van der Waals surface area contributed by atoms with E-state index in [0.717, 1.165) is 0 Å². The summed E-state index contributed by atoms with van der Waals surface area (Å²) in [5.74, 6) is 0.166. The van der Waals surface area contributed by atoms with Gasteiger partial charge < -0.3 is 9.47 Å². The Bertz CT molecular complexity index is 264. The zero-order valence-corrected chi connectivity index (χ0v) is 7.17. The molecule has 0 aliphatic heterocycles. The first-order valence-corrected chi connectivity index (χ1v) is 3.74. The van der Waals surface area contributed by atoms with Gasteiger partial charge in [-0.1, -0.05) is 12.1 Å². The molecule has 0 fully saturated rings. The molecule has 72 valence electrons. The average Bonchev–Trinajstić information content (AvgIpc) is 2.15. The summed E-state index contributed by atoms with van der Waals surface area (Å²) in [5.41, 5.74) is -0.112. The predicted octanol–water partition coefficient (Wildman–Crippen LogP) is 2.61. The molecule has 0 unspecified atom stereocenters. The topological polar surface area (TPSA) is 18.5 Å². The molecule has 1 aromatic rings. The number of halogens is 2. The highest BCUT2D eigenvalue weighted by molar-refractivity contribution is 5.33. The van der Waals surface area contributed by atoms with Gasteiger partial charge in [-0.2, -0.15) is 0 Å². The van der Waals surface area contributed by atoms with Gasteiger partial charge >= 0.3 is 0 Å². The van der Waals surface area contributed by atoms with Crippen molar-refractivity contribution >= 4 is 0 Å². The van der Waals surface area contributed by atoms with E-state index in [-0.39, 0.29) is 18.1 Å². The van der Waals surface area contributed by atoms with Crippen molar-refractivity contribution in [3.63, 3.8) is 0 Å². The molecular weight excluding hydrogens is 178 g/mol. The smallest absolute Gasteiger partial charge is 0.267 e. The van der Waals surface area contributed by atoms with Crippen LogP contribution in [0.15, 0.2) is 24.3 Å². The van der Waals surface area contributed by atoms with Crippen LogP contribution in [0.4, 0.5) is 8.78 Å². The molecule has 0 radical (unpaired) electrons. The molecule has 0 N–H and O–H groups in total. The fourth-order valence-electron chi connectivity index (χ4n) is 0.915. The van der Waals surface area contributed by atoms with Crippen molar-refractivity contribution in [1.82, 2.24) is 0 Å². The Balaban J connectivity index is 2.78. The molecule has 0 aliphatic rings. The lowest BCUT2D eigenvalue weighted by Crippen LogP contribution is -2.01. The van der Waals surface area contributed by atoms with Gasteiger partial charge in [0.2, 0.25) is 0 Å². The highest BCUT2D eigenvalue weighted by Gasteiger charge is 2.12. The summed E-state index contributed by atoms with van der Waals surface area (Å²) in [5, 5.41) is 0. The second kappa shape index (κ2) is 4.77. The number of alkyl halides is 2. The summed E-state index contributed by atoms with van der Waals surface area (Å²) >= 11 is 0. The van der Waals surface area contributed by atoms with E-state index in [2.05, 4.69) is 4.74 Å². The quantitative estimate of drug-likeness (QED) is 0.676. The summed E-state index contributed by atoms with van der Waals surface area (Å²) in [7, 11) is 1.44. The van der Waals surface area contributed by atoms with Gasteiger partial charge in [0, 0.05) is 7.11 Å². The summed E-state index contributed by atoms with van der Waals surface area (Å²) < 4.78 is 34.2. The molecule has 4 heteroatoms. The zero-order chi connectivity index (χ0) is 9.68. The molecule has 0 atom stereocenters. The van der Waals surface area contributed by atoms with Crippen LogP contribution in [-0.4, -0.2) is 13.9 Å². The van der Waals surface area contributed by atoms with Crippen molar-refractivity contribution in [2.75, 3.05) is 13.9 Å². The molecule has 1 aromatic carbocycles. The van der Waals surface area contributed by atoms with E-state index in [4.69, 9.17) is 4.74 Å². The van der Waals surface area contributed by atoms with E-state index in [1.54, 1.807) is 12.1 Å². The predicted molar refractivity (Wildman–Crippen MR) is 43.9 cm³/mol. The van der Waals surface area contributed by atoms with Crippen LogP contribution in [0.25, 0.3) is 0 Å². The van der Waals surface area contributed by atoms with Gasteiger partial charge in [0.05, 0.1) is 5.56 Å². The molecule has 0 saturated heterocycles. The van der Waals surface area contributed by atoms with Crippen molar-refractivity contribution in [2.24, 2.45) is 0 Å². The second-order valence-electron chi connectivity index (χ2n) is 2.39. The van der Waals surface area contributed by atoms with Gasteiger partial charge in [-0.05, 0) is 12.1 Å². The maximum Gasteiger partial charge on any atom is 0.267 e. The number of hydrogen-bond acceptors (Lipinski definition) is 2. The third-order valence-electron chi connectivity index (χ3n) is 1.49. The van der Waals surface area contributed by atoms with Crippen molar-refractivity contribution < 1.29 is 18.3 Å². The number of methoxy groups -OCH3 is 1. The van der Waals surface area contributed by atoms with Crippen LogP contribution in [0.5, 0.6) is 5.75 Å². The maximum atomic E-state index is 12.3. The third-order valence-corrected chi connectivity index (χ3v) is 1.49. The lowest BCUT2D eigenvalue weighted by molar-refractivity contribution is 0.0467. The van der Waals surface area contributed by atoms with Gasteiger partial charge in [-0.15, -0.1) is 0 Å². The molecule has 0 spiro atoms. The molecule has 0 saturated carbocycles. The Kier molecular flexibility index (Phi) is 3.64. The van der Waals surface area contributed by atoms with E-state index >= 15 is 0 Å². The fourth-order valence-corrected chi connectivity index (χ4v) is 0.915. The Labute approximate surface area is 75.1 Å². The van der Waals surface area contributed by atoms with Gasteiger partial charge in [-0.3, -0.25) is 0 Å². The monoisotopic (exact) mass is 188 g/mol. The van der Waals surface area contributed by atoms with Gasteiger partial charge in [0.1, 0.15) is 5.75 Å². The van der Waals surface area contributed by atoms with Gasteiger partial charge in [-0.25, -0.2) is 8.78 Å². The van der Waals surface area contributed by atoms with Gasteiger partial charge in [0.25, 0.3) is 6.43 Å². The minimum atomic E-state index is -2.52. The van der Waals surface area contributed by atoms with E-state index in [9.17, 15) is 8.78 Å². The Morgan fingerprint density at radius 2 is 2.00 bits per heavy atom. The molecular formula is C9H10F2O2. The molecule has 2 nitrogen and oxygen atoms in total. The van der Waals surface area contributed by atoms with E-state index in [0.29, 0.717) is 0 Å². The normalized spacial score (nSPS) is 10.5. The highest BCUT2D eigenvalue weighted by atomic mass is 19.3. The van der Waals surface area contributed by atoms with Crippen molar-refractivity contribution in [2.45, 2.75) is 6.43 Å². The molecule has 0 bridgehead atoms. The number of ether oxygens (including phenoxy) is 2. The molecule has 13 heavy (non-hydrogen) atoms. The van der Waals surface area contributed by atoms with Crippen LogP contribution in [0.2, 0.25) is 0 Å². The Morgan fingerprint density at radius 1 is 1.31 bits per heavy atom. The number of rotatable bonds is 4. The van der Waals surface area contributed by atoms with Crippen molar-refractivity contribution in [1.29, 1.82) is 0 Å². The zero-order valence-electron chi connectivity index (χ0n) is 7.17. The maximum absolute atomic E-state index is 12.3. The minimum Gasteiger partial charge on any atom is -0.467 e. The number of para-hydroxylation sites is 1. The first-order chi connectivity index (χ1) is 6.25. The first kappa shape index (κ1) is 9.92. The third kappa shape index (κ3) is 2.66. The van der Waals surface area contributed by atoms with Crippen LogP contribution < -0.4 is 4.74 Å². The first-order valence-electron chi connectivity index (χ1n) is 3.74. The minimum absolute atomic E-state index is 0.0241. The number of hydrogen-bond donors (Lipinski definition) is 0. The summed E-state index contributed by atoms with van der Waals surface area (Å²) in [6, 6.07) is 5.99. The van der Waals surface area contributed by atoms with Crippen LogP contribution in [-0.2, 0) is 4.74 Å². The molecule has 1 rings (SSSR count). The molecule has 0 heterocycles. The van der Waals surface area contributed by atoms with E-state index in [1.807, 2.05) is 0 Å². The molecule has 0 aromatic heterocycles. The summed E-state index contributed by atoms with van der Waals surface area (Å²) in [6.45, 7) is -0.0241. The Hall–Kier alpha value is -1.16. The van der Waals surface area contributed by atoms with Crippen LogP contribution in [0, 0.1) is 0 Å². The SMILES string of the molecule is COCOc1ccccc1C(F)F.